The van der Waals surface area contributed by atoms with Crippen molar-refractivity contribution in [2.45, 2.75) is 44.0 Å². The fourth-order valence-corrected chi connectivity index (χ4v) is 5.35. The van der Waals surface area contributed by atoms with Crippen molar-refractivity contribution in [2.24, 2.45) is 0 Å². The van der Waals surface area contributed by atoms with Gasteiger partial charge in [-0.25, -0.2) is 17.9 Å². The highest BCUT2D eigenvalue weighted by Crippen LogP contribution is 2.22. The molecule has 1 aliphatic rings. The van der Waals surface area contributed by atoms with Crippen molar-refractivity contribution in [3.63, 3.8) is 0 Å². The zero-order valence-electron chi connectivity index (χ0n) is 20.5. The summed E-state index contributed by atoms with van der Waals surface area (Å²) in [5.74, 6) is 0. The first-order valence-electron chi connectivity index (χ1n) is 12.0. The number of piperazine rings is 1. The average molecular weight is 491 g/mol. The van der Waals surface area contributed by atoms with Gasteiger partial charge in [-0.3, -0.25) is 0 Å². The molecule has 1 aliphatic heterocycles. The number of carbonyl (C=O) groups is 1. The third-order valence-corrected chi connectivity index (χ3v) is 7.30. The van der Waals surface area contributed by atoms with Crippen LogP contribution in [0.2, 0.25) is 0 Å². The number of nitrogens with one attached hydrogen (secondary N) is 2. The Morgan fingerprint density at radius 3 is 2.24 bits per heavy atom. The lowest BCUT2D eigenvalue weighted by atomic mass is 10.1. The summed E-state index contributed by atoms with van der Waals surface area (Å²) in [7, 11) is -3.54. The van der Waals surface area contributed by atoms with E-state index in [1.807, 2.05) is 51.1 Å². The predicted molar refractivity (Wildman–Crippen MR) is 135 cm³/mol. The summed E-state index contributed by atoms with van der Waals surface area (Å²) in [5, 5.41) is 4.45. The van der Waals surface area contributed by atoms with E-state index in [2.05, 4.69) is 19.8 Å². The van der Waals surface area contributed by atoms with Gasteiger partial charge in [0, 0.05) is 50.2 Å². The van der Waals surface area contributed by atoms with Crippen molar-refractivity contribution in [1.29, 1.82) is 0 Å². The summed E-state index contributed by atoms with van der Waals surface area (Å²) in [6.07, 6.45) is 1.21. The molecule has 0 saturated carbocycles. The smallest absolute Gasteiger partial charge is 0.407 e. The van der Waals surface area contributed by atoms with E-state index in [4.69, 9.17) is 4.74 Å². The number of fused-ring (bicyclic) bond motifs is 1. The number of rotatable bonds is 10. The van der Waals surface area contributed by atoms with Crippen LogP contribution in [0.15, 0.2) is 47.4 Å². The van der Waals surface area contributed by atoms with Gasteiger partial charge in [-0.05, 0) is 51.6 Å². The van der Waals surface area contributed by atoms with Crippen molar-refractivity contribution < 1.29 is 17.9 Å². The van der Waals surface area contributed by atoms with Gasteiger partial charge in [0.25, 0.3) is 0 Å². The van der Waals surface area contributed by atoms with Gasteiger partial charge < -0.3 is 19.9 Å². The second kappa shape index (κ2) is 12.0. The van der Waals surface area contributed by atoms with E-state index >= 15 is 0 Å². The van der Waals surface area contributed by atoms with Crippen LogP contribution in [0.25, 0.3) is 10.8 Å². The van der Waals surface area contributed by atoms with Crippen molar-refractivity contribution in [3.05, 3.63) is 42.5 Å². The van der Waals surface area contributed by atoms with E-state index in [0.717, 1.165) is 62.9 Å². The third kappa shape index (κ3) is 8.23. The Kier molecular flexibility index (Phi) is 9.30. The minimum atomic E-state index is -3.54. The van der Waals surface area contributed by atoms with E-state index in [0.29, 0.717) is 18.0 Å². The lowest BCUT2D eigenvalue weighted by molar-refractivity contribution is 0.110. The van der Waals surface area contributed by atoms with Gasteiger partial charge in [-0.1, -0.05) is 36.4 Å². The molecule has 0 bridgehead atoms. The van der Waals surface area contributed by atoms with E-state index in [-0.39, 0.29) is 11.6 Å². The van der Waals surface area contributed by atoms with Gasteiger partial charge in [0.1, 0.15) is 0 Å². The van der Waals surface area contributed by atoms with Gasteiger partial charge >= 0.3 is 6.09 Å². The van der Waals surface area contributed by atoms with Crippen LogP contribution in [-0.2, 0) is 14.8 Å². The molecule has 0 radical (unpaired) electrons. The minimum absolute atomic E-state index is 0.289. The first kappa shape index (κ1) is 26.4. The lowest BCUT2D eigenvalue weighted by Crippen LogP contribution is -2.47. The summed E-state index contributed by atoms with van der Waals surface area (Å²) >= 11 is 0. The van der Waals surface area contributed by atoms with Crippen LogP contribution in [0.5, 0.6) is 0 Å². The van der Waals surface area contributed by atoms with Crippen LogP contribution in [0.1, 0.15) is 33.6 Å². The molecule has 1 heterocycles. The summed E-state index contributed by atoms with van der Waals surface area (Å²) in [6.45, 7) is 12.2. The maximum absolute atomic E-state index is 12.8. The molecule has 188 valence electrons. The number of alkyl carbamates (subject to hydrolysis) is 1. The van der Waals surface area contributed by atoms with Gasteiger partial charge in [0.05, 0.1) is 11.5 Å². The maximum Gasteiger partial charge on any atom is 0.407 e. The third-order valence-electron chi connectivity index (χ3n) is 5.78. The quantitative estimate of drug-likeness (QED) is 0.498. The molecule has 0 aromatic heterocycles. The van der Waals surface area contributed by atoms with E-state index in [1.54, 1.807) is 12.1 Å². The van der Waals surface area contributed by atoms with Gasteiger partial charge in [-0.15, -0.1) is 0 Å². The SMILES string of the molecule is CC(C)(C)NC(=O)OCCCN1CCN(CCCNS(=O)(=O)c2cccc3ccccc23)CC1. The highest BCUT2D eigenvalue weighted by atomic mass is 32.2. The number of nitrogens with zero attached hydrogens (tertiary/aromatic N) is 2. The number of ether oxygens (including phenoxy) is 1. The Morgan fingerprint density at radius 1 is 0.941 bits per heavy atom. The van der Waals surface area contributed by atoms with Crippen LogP contribution in [-0.4, -0.2) is 82.3 Å². The normalized spacial score (nSPS) is 16.0. The number of sulfonamides is 1. The molecule has 2 aromatic rings. The van der Waals surface area contributed by atoms with Gasteiger partial charge in [0.15, 0.2) is 0 Å². The lowest BCUT2D eigenvalue weighted by Gasteiger charge is -2.34. The first-order chi connectivity index (χ1) is 16.1. The molecule has 0 spiro atoms. The summed E-state index contributed by atoms with van der Waals surface area (Å²) < 4.78 is 33.6. The molecule has 2 aromatic carbocycles. The van der Waals surface area contributed by atoms with Crippen LogP contribution in [0.4, 0.5) is 4.79 Å². The largest absolute Gasteiger partial charge is 0.450 e. The highest BCUT2D eigenvalue weighted by Gasteiger charge is 2.19. The van der Waals surface area contributed by atoms with Crippen LogP contribution in [0, 0.1) is 0 Å². The molecule has 2 N–H and O–H groups in total. The van der Waals surface area contributed by atoms with Crippen LogP contribution in [0.3, 0.4) is 0 Å². The van der Waals surface area contributed by atoms with Crippen LogP contribution >= 0.6 is 0 Å². The van der Waals surface area contributed by atoms with E-state index < -0.39 is 10.0 Å². The molecule has 0 unspecified atom stereocenters. The molecular formula is C25H38N4O4S. The standard InChI is InChI=1S/C25H38N4O4S/c1-25(2,3)27-24(30)33-20-8-15-29-18-16-28(17-19-29)14-7-13-26-34(31,32)23-12-6-10-21-9-4-5-11-22(21)23/h4-6,9-12,26H,7-8,13-20H2,1-3H3,(H,27,30). The second-order valence-corrected chi connectivity index (χ2v) is 11.5. The maximum atomic E-state index is 12.8. The monoisotopic (exact) mass is 490 g/mol. The zero-order valence-corrected chi connectivity index (χ0v) is 21.4. The van der Waals surface area contributed by atoms with Gasteiger partial charge in [0.2, 0.25) is 10.0 Å². The van der Waals surface area contributed by atoms with E-state index in [9.17, 15) is 13.2 Å². The van der Waals surface area contributed by atoms with Crippen molar-refractivity contribution in [1.82, 2.24) is 19.8 Å². The van der Waals surface area contributed by atoms with Crippen LogP contribution < -0.4 is 10.0 Å². The molecule has 0 aliphatic carbocycles. The molecule has 1 amide bonds. The summed E-state index contributed by atoms with van der Waals surface area (Å²) in [4.78, 5) is 16.8. The van der Waals surface area contributed by atoms with Crippen molar-refractivity contribution in [3.8, 4) is 0 Å². The fraction of sp³-hybridized carbons (Fsp3) is 0.560. The Labute approximate surface area is 203 Å². The molecule has 1 fully saturated rings. The second-order valence-electron chi connectivity index (χ2n) is 9.78. The average Bonchev–Trinajstić information content (AvgIpc) is 2.79. The number of benzene rings is 2. The molecule has 34 heavy (non-hydrogen) atoms. The Morgan fingerprint density at radius 2 is 1.56 bits per heavy atom. The van der Waals surface area contributed by atoms with Gasteiger partial charge in [-0.2, -0.15) is 0 Å². The van der Waals surface area contributed by atoms with Crippen molar-refractivity contribution >= 4 is 26.9 Å². The number of hydrogen-bond donors (Lipinski definition) is 2. The Balaban J connectivity index is 1.31. The first-order valence-corrected chi connectivity index (χ1v) is 13.5. The molecule has 9 heteroatoms. The number of amides is 1. The Bertz CT molecular complexity index is 1040. The molecule has 0 atom stereocenters. The van der Waals surface area contributed by atoms with Crippen molar-refractivity contribution in [2.75, 3.05) is 52.4 Å². The molecule has 1 saturated heterocycles. The minimum Gasteiger partial charge on any atom is -0.450 e. The number of carbonyl (C=O) groups excluding carboxylic acids is 1. The molecule has 8 nitrogen and oxygen atoms in total. The highest BCUT2D eigenvalue weighted by molar-refractivity contribution is 7.89. The molecule has 3 rings (SSSR count). The molecular weight excluding hydrogens is 452 g/mol. The summed E-state index contributed by atoms with van der Waals surface area (Å²) in [6, 6.07) is 12.9. The topological polar surface area (TPSA) is 91.0 Å². The zero-order chi connectivity index (χ0) is 24.6. The fourth-order valence-electron chi connectivity index (χ4n) is 4.05. The predicted octanol–water partition coefficient (Wildman–Crippen LogP) is 3.04. The number of hydrogen-bond acceptors (Lipinski definition) is 6. The Hall–Kier alpha value is -2.20. The van der Waals surface area contributed by atoms with E-state index in [1.165, 1.54) is 0 Å². The summed E-state index contributed by atoms with van der Waals surface area (Å²) in [5.41, 5.74) is -0.289.